The maximum absolute atomic E-state index is 13.7. The van der Waals surface area contributed by atoms with Gasteiger partial charge in [0.05, 0.1) is 11.9 Å². The molecule has 3 aromatic rings. The number of hydrogen-bond donors (Lipinski definition) is 2. The number of imidazole rings is 1. The molecule has 1 aliphatic rings. The summed E-state index contributed by atoms with van der Waals surface area (Å²) in [6, 6.07) is 1.42. The molecule has 4 heterocycles. The monoisotopic (exact) mass is 530 g/mol. The molecule has 1 saturated heterocycles. The van der Waals surface area contributed by atoms with Gasteiger partial charge in [0.15, 0.2) is 0 Å². The van der Waals surface area contributed by atoms with Gasteiger partial charge in [-0.25, -0.2) is 32.7 Å². The minimum absolute atomic E-state index is 0.000214. The standard InChI is InChI=1S/C20H22ClF3N8O2S/c1-25-18-16(21)15(3-6-26-18)31-10-14(28-11-31)17-13(20(22,23)24)9-27-19(30-17)29-12-4-7-32(8-5-12)35(2,33)34/h3,6,9-12H,4-5,7-8H2,1-2H3,(H,25,26)(H,27,29,30). The van der Waals surface area contributed by atoms with Crippen molar-refractivity contribution in [3.8, 4) is 17.1 Å². The highest BCUT2D eigenvalue weighted by Crippen LogP contribution is 2.36. The van der Waals surface area contributed by atoms with Crippen molar-refractivity contribution in [3.05, 3.63) is 41.6 Å². The topological polar surface area (TPSA) is 118 Å². The summed E-state index contributed by atoms with van der Waals surface area (Å²) in [5.41, 5.74) is -0.963. The molecular formula is C20H22ClF3N8O2S. The molecule has 0 saturated carbocycles. The van der Waals surface area contributed by atoms with Crippen LogP contribution in [0.25, 0.3) is 17.1 Å². The van der Waals surface area contributed by atoms with Gasteiger partial charge >= 0.3 is 6.18 Å². The Balaban J connectivity index is 1.63. The lowest BCUT2D eigenvalue weighted by Crippen LogP contribution is -2.42. The third kappa shape index (κ3) is 5.49. The van der Waals surface area contributed by atoms with Crippen LogP contribution in [0.4, 0.5) is 24.9 Å². The lowest BCUT2D eigenvalue weighted by atomic mass is 10.1. The van der Waals surface area contributed by atoms with Crippen molar-refractivity contribution in [3.63, 3.8) is 0 Å². The number of halogens is 4. The molecule has 188 valence electrons. The zero-order chi connectivity index (χ0) is 25.4. The van der Waals surface area contributed by atoms with Gasteiger partial charge in [0, 0.05) is 44.8 Å². The summed E-state index contributed by atoms with van der Waals surface area (Å²) in [5, 5.41) is 6.14. The van der Waals surface area contributed by atoms with Crippen LogP contribution in [0.3, 0.4) is 0 Å². The highest BCUT2D eigenvalue weighted by Gasteiger charge is 2.36. The van der Waals surface area contributed by atoms with Crippen LogP contribution < -0.4 is 10.6 Å². The van der Waals surface area contributed by atoms with Gasteiger partial charge in [-0.15, -0.1) is 0 Å². The number of nitrogens with one attached hydrogen (secondary N) is 2. The van der Waals surface area contributed by atoms with Gasteiger partial charge in [0.25, 0.3) is 0 Å². The summed E-state index contributed by atoms with van der Waals surface area (Å²) >= 11 is 6.34. The number of pyridine rings is 1. The van der Waals surface area contributed by atoms with Crippen molar-refractivity contribution in [2.45, 2.75) is 25.1 Å². The van der Waals surface area contributed by atoms with E-state index in [2.05, 4.69) is 30.6 Å². The Morgan fingerprint density at radius 2 is 1.89 bits per heavy atom. The van der Waals surface area contributed by atoms with E-state index >= 15 is 0 Å². The van der Waals surface area contributed by atoms with Crippen LogP contribution in [-0.2, 0) is 16.2 Å². The van der Waals surface area contributed by atoms with Crippen molar-refractivity contribution in [1.82, 2.24) is 28.8 Å². The molecule has 0 bridgehead atoms. The summed E-state index contributed by atoms with van der Waals surface area (Å²) in [6.07, 6.45) is 2.34. The first-order chi connectivity index (χ1) is 16.5. The second-order valence-corrected chi connectivity index (χ2v) is 10.3. The number of rotatable bonds is 6. The molecule has 0 amide bonds. The molecule has 15 heteroatoms. The molecule has 3 aromatic heterocycles. The average Bonchev–Trinajstić information content (AvgIpc) is 3.28. The Morgan fingerprint density at radius 3 is 2.51 bits per heavy atom. The van der Waals surface area contributed by atoms with Crippen molar-refractivity contribution in [1.29, 1.82) is 0 Å². The molecule has 2 N–H and O–H groups in total. The van der Waals surface area contributed by atoms with Gasteiger partial charge in [-0.05, 0) is 18.9 Å². The summed E-state index contributed by atoms with van der Waals surface area (Å²) in [7, 11) is -1.65. The number of piperidine rings is 1. The maximum atomic E-state index is 13.7. The predicted molar refractivity (Wildman–Crippen MR) is 125 cm³/mol. The third-order valence-corrected chi connectivity index (χ3v) is 7.24. The summed E-state index contributed by atoms with van der Waals surface area (Å²) in [6.45, 7) is 0.603. The Kier molecular flexibility index (Phi) is 6.88. The molecule has 1 aliphatic heterocycles. The summed E-state index contributed by atoms with van der Waals surface area (Å²) in [4.78, 5) is 16.2. The first-order valence-corrected chi connectivity index (χ1v) is 12.7. The smallest absolute Gasteiger partial charge is 0.372 e. The van der Waals surface area contributed by atoms with Crippen molar-refractivity contribution >= 4 is 33.4 Å². The highest BCUT2D eigenvalue weighted by molar-refractivity contribution is 7.88. The third-order valence-electron chi connectivity index (χ3n) is 5.56. The second kappa shape index (κ2) is 9.59. The molecule has 35 heavy (non-hydrogen) atoms. The zero-order valence-corrected chi connectivity index (χ0v) is 20.3. The number of anilines is 2. The molecule has 0 spiro atoms. The molecule has 0 radical (unpaired) electrons. The quantitative estimate of drug-likeness (QED) is 0.498. The van der Waals surface area contributed by atoms with Crippen molar-refractivity contribution in [2.75, 3.05) is 37.0 Å². The molecule has 4 rings (SSSR count). The van der Waals surface area contributed by atoms with Crippen LogP contribution in [0.5, 0.6) is 0 Å². The van der Waals surface area contributed by atoms with Gasteiger partial charge in [-0.3, -0.25) is 0 Å². The van der Waals surface area contributed by atoms with E-state index in [0.29, 0.717) is 43.6 Å². The molecule has 0 aliphatic carbocycles. The number of aromatic nitrogens is 5. The van der Waals surface area contributed by atoms with Gasteiger partial charge < -0.3 is 15.2 Å². The van der Waals surface area contributed by atoms with Crippen molar-refractivity contribution in [2.24, 2.45) is 0 Å². The Hall–Kier alpha value is -2.97. The fourth-order valence-electron chi connectivity index (χ4n) is 3.75. The lowest BCUT2D eigenvalue weighted by Gasteiger charge is -2.30. The van der Waals surface area contributed by atoms with Gasteiger partial charge in [-0.1, -0.05) is 11.6 Å². The van der Waals surface area contributed by atoms with Gasteiger partial charge in [0.1, 0.15) is 34.1 Å². The van der Waals surface area contributed by atoms with E-state index in [1.165, 1.54) is 27.6 Å². The van der Waals surface area contributed by atoms with E-state index < -0.39 is 21.8 Å². The molecule has 10 nitrogen and oxygen atoms in total. The largest absolute Gasteiger partial charge is 0.420 e. The van der Waals surface area contributed by atoms with Crippen LogP contribution >= 0.6 is 11.6 Å². The maximum Gasteiger partial charge on any atom is 0.420 e. The number of hydrogen-bond acceptors (Lipinski definition) is 8. The minimum Gasteiger partial charge on any atom is -0.372 e. The average molecular weight is 531 g/mol. The summed E-state index contributed by atoms with van der Waals surface area (Å²) < 4.78 is 67.4. The Morgan fingerprint density at radius 1 is 1.17 bits per heavy atom. The molecule has 0 aromatic carbocycles. The minimum atomic E-state index is -4.70. The fraction of sp³-hybridized carbons (Fsp3) is 0.400. The molecule has 0 unspecified atom stereocenters. The fourth-order valence-corrected chi connectivity index (χ4v) is 4.93. The van der Waals surface area contributed by atoms with Gasteiger partial charge in [-0.2, -0.15) is 13.2 Å². The van der Waals surface area contributed by atoms with E-state index in [9.17, 15) is 21.6 Å². The number of sulfonamides is 1. The van der Waals surface area contributed by atoms with Crippen LogP contribution in [0, 0.1) is 0 Å². The van der Waals surface area contributed by atoms with Crippen LogP contribution in [0.2, 0.25) is 5.02 Å². The molecule has 1 fully saturated rings. The van der Waals surface area contributed by atoms with Crippen molar-refractivity contribution < 1.29 is 21.6 Å². The van der Waals surface area contributed by atoms with Crippen LogP contribution in [0.1, 0.15) is 18.4 Å². The first-order valence-electron chi connectivity index (χ1n) is 10.5. The highest BCUT2D eigenvalue weighted by atomic mass is 35.5. The second-order valence-electron chi connectivity index (χ2n) is 7.94. The Bertz CT molecular complexity index is 1320. The zero-order valence-electron chi connectivity index (χ0n) is 18.7. The molecule has 0 atom stereocenters. The van der Waals surface area contributed by atoms with Crippen LogP contribution in [0.15, 0.2) is 31.0 Å². The van der Waals surface area contributed by atoms with E-state index in [1.54, 1.807) is 13.1 Å². The van der Waals surface area contributed by atoms with E-state index in [0.717, 1.165) is 6.26 Å². The van der Waals surface area contributed by atoms with E-state index in [1.807, 2.05) is 0 Å². The van der Waals surface area contributed by atoms with E-state index in [4.69, 9.17) is 11.6 Å². The van der Waals surface area contributed by atoms with Gasteiger partial charge in [0.2, 0.25) is 16.0 Å². The Labute approximate surface area is 204 Å². The summed E-state index contributed by atoms with van der Waals surface area (Å²) in [5.74, 6) is 0.408. The number of alkyl halides is 3. The normalized spacial score (nSPS) is 15.8. The predicted octanol–water partition coefficient (Wildman–Crippen LogP) is 3.27. The van der Waals surface area contributed by atoms with E-state index in [-0.39, 0.29) is 28.4 Å². The lowest BCUT2D eigenvalue weighted by molar-refractivity contribution is -0.137. The first kappa shape index (κ1) is 25.1. The molecular weight excluding hydrogens is 509 g/mol. The SMILES string of the molecule is CNc1nccc(-n2cnc(-c3nc(NC4CCN(S(C)(=O)=O)CC4)ncc3C(F)(F)F)c2)c1Cl. The van der Waals surface area contributed by atoms with Crippen LogP contribution in [-0.4, -0.2) is 69.7 Å². The number of nitrogens with zero attached hydrogens (tertiary/aromatic N) is 6.